The summed E-state index contributed by atoms with van der Waals surface area (Å²) in [5, 5.41) is 2.70. The van der Waals surface area contributed by atoms with Gasteiger partial charge in [-0.25, -0.2) is 17.6 Å². The summed E-state index contributed by atoms with van der Waals surface area (Å²) in [6.07, 6.45) is 0. The van der Waals surface area contributed by atoms with E-state index in [2.05, 4.69) is 21.2 Å². The minimum Gasteiger partial charge on any atom is -0.309 e. The SMILES string of the molecule is CNC(c1ccc(F)c(F)c1Br)c1c(F)cccc1F. The average molecular weight is 348 g/mol. The van der Waals surface area contributed by atoms with Gasteiger partial charge in [-0.2, -0.15) is 0 Å². The molecule has 20 heavy (non-hydrogen) atoms. The summed E-state index contributed by atoms with van der Waals surface area (Å²) in [4.78, 5) is 0. The molecule has 0 aliphatic carbocycles. The Hall–Kier alpha value is -1.40. The molecule has 0 aromatic heterocycles. The van der Waals surface area contributed by atoms with Gasteiger partial charge in [0.05, 0.1) is 10.5 Å². The fourth-order valence-corrected chi connectivity index (χ4v) is 2.56. The number of hydrogen-bond donors (Lipinski definition) is 1. The third-order valence-electron chi connectivity index (χ3n) is 2.95. The zero-order valence-corrected chi connectivity index (χ0v) is 11.9. The lowest BCUT2D eigenvalue weighted by Crippen LogP contribution is -2.21. The first kappa shape index (κ1) is 15.0. The number of halogens is 5. The van der Waals surface area contributed by atoms with Crippen LogP contribution in [0.4, 0.5) is 17.6 Å². The number of benzene rings is 2. The summed E-state index contributed by atoms with van der Waals surface area (Å²) >= 11 is 2.92. The summed E-state index contributed by atoms with van der Waals surface area (Å²) < 4.78 is 54.2. The van der Waals surface area contributed by atoms with Gasteiger partial charge in [0.1, 0.15) is 11.6 Å². The van der Waals surface area contributed by atoms with E-state index in [1.54, 1.807) is 0 Å². The molecule has 2 rings (SSSR count). The molecule has 0 bridgehead atoms. The normalized spacial score (nSPS) is 12.5. The summed E-state index contributed by atoms with van der Waals surface area (Å²) in [6.45, 7) is 0. The first-order valence-corrected chi connectivity index (χ1v) is 6.51. The van der Waals surface area contributed by atoms with E-state index in [0.717, 1.165) is 18.2 Å². The van der Waals surface area contributed by atoms with Crippen LogP contribution in [-0.4, -0.2) is 7.05 Å². The molecular weight excluding hydrogens is 338 g/mol. The zero-order chi connectivity index (χ0) is 14.9. The minimum absolute atomic E-state index is 0.167. The topological polar surface area (TPSA) is 12.0 Å². The maximum absolute atomic E-state index is 13.8. The lowest BCUT2D eigenvalue weighted by molar-refractivity contribution is 0.493. The molecule has 0 amide bonds. The molecule has 0 aliphatic rings. The second-order valence-corrected chi connectivity index (χ2v) is 4.91. The molecule has 1 N–H and O–H groups in total. The lowest BCUT2D eigenvalue weighted by Gasteiger charge is -2.20. The van der Waals surface area contributed by atoms with Gasteiger partial charge in [0, 0.05) is 5.56 Å². The van der Waals surface area contributed by atoms with Crippen LogP contribution >= 0.6 is 15.9 Å². The Bertz CT molecular complexity index is 625. The molecule has 0 aliphatic heterocycles. The first-order valence-electron chi connectivity index (χ1n) is 5.72. The van der Waals surface area contributed by atoms with Crippen LogP contribution in [0.5, 0.6) is 0 Å². The largest absolute Gasteiger partial charge is 0.309 e. The number of rotatable bonds is 3. The quantitative estimate of drug-likeness (QED) is 0.644. The predicted molar refractivity (Wildman–Crippen MR) is 71.3 cm³/mol. The highest BCUT2D eigenvalue weighted by atomic mass is 79.9. The van der Waals surface area contributed by atoms with Crippen molar-refractivity contribution in [3.8, 4) is 0 Å². The molecule has 0 fully saturated rings. The average Bonchev–Trinajstić information content (AvgIpc) is 2.42. The smallest absolute Gasteiger partial charge is 0.173 e. The lowest BCUT2D eigenvalue weighted by atomic mass is 9.97. The van der Waals surface area contributed by atoms with Crippen LogP contribution in [0, 0.1) is 23.3 Å². The highest BCUT2D eigenvalue weighted by Gasteiger charge is 2.24. The number of hydrogen-bond acceptors (Lipinski definition) is 1. The molecule has 106 valence electrons. The van der Waals surface area contributed by atoms with E-state index in [0.29, 0.717) is 0 Å². The predicted octanol–water partition coefficient (Wildman–Crippen LogP) is 4.31. The molecule has 2 aromatic carbocycles. The van der Waals surface area contributed by atoms with E-state index in [1.807, 2.05) is 0 Å². The fraction of sp³-hybridized carbons (Fsp3) is 0.143. The van der Waals surface area contributed by atoms with Crippen molar-refractivity contribution < 1.29 is 17.6 Å². The van der Waals surface area contributed by atoms with Crippen molar-refractivity contribution in [2.75, 3.05) is 7.05 Å². The summed E-state index contributed by atoms with van der Waals surface area (Å²) in [5.41, 5.74) is -0.0443. The van der Waals surface area contributed by atoms with Crippen molar-refractivity contribution in [2.45, 2.75) is 6.04 Å². The van der Waals surface area contributed by atoms with Crippen molar-refractivity contribution in [3.05, 3.63) is 69.2 Å². The molecule has 0 saturated carbocycles. The highest BCUT2D eigenvalue weighted by Crippen LogP contribution is 2.33. The molecule has 6 heteroatoms. The maximum Gasteiger partial charge on any atom is 0.173 e. The second-order valence-electron chi connectivity index (χ2n) is 4.12. The monoisotopic (exact) mass is 347 g/mol. The van der Waals surface area contributed by atoms with E-state index in [1.165, 1.54) is 19.2 Å². The van der Waals surface area contributed by atoms with E-state index in [9.17, 15) is 17.6 Å². The van der Waals surface area contributed by atoms with Crippen LogP contribution in [0.1, 0.15) is 17.2 Å². The van der Waals surface area contributed by atoms with Crippen LogP contribution in [0.2, 0.25) is 0 Å². The summed E-state index contributed by atoms with van der Waals surface area (Å²) in [7, 11) is 1.48. The van der Waals surface area contributed by atoms with Gasteiger partial charge in [0.25, 0.3) is 0 Å². The molecule has 0 saturated heterocycles. The van der Waals surface area contributed by atoms with Gasteiger partial charge in [0.2, 0.25) is 0 Å². The molecule has 0 spiro atoms. The van der Waals surface area contributed by atoms with Crippen LogP contribution in [-0.2, 0) is 0 Å². The van der Waals surface area contributed by atoms with E-state index in [-0.39, 0.29) is 15.6 Å². The van der Waals surface area contributed by atoms with E-state index >= 15 is 0 Å². The van der Waals surface area contributed by atoms with Gasteiger partial charge in [-0.1, -0.05) is 12.1 Å². The second kappa shape index (κ2) is 5.93. The van der Waals surface area contributed by atoms with Gasteiger partial charge in [0.15, 0.2) is 11.6 Å². The highest BCUT2D eigenvalue weighted by molar-refractivity contribution is 9.10. The van der Waals surface area contributed by atoms with Gasteiger partial charge in [-0.15, -0.1) is 0 Å². The van der Waals surface area contributed by atoms with E-state index in [4.69, 9.17) is 0 Å². The molecule has 1 unspecified atom stereocenters. The van der Waals surface area contributed by atoms with Gasteiger partial charge >= 0.3 is 0 Å². The molecule has 1 atom stereocenters. The van der Waals surface area contributed by atoms with Crippen LogP contribution in [0.3, 0.4) is 0 Å². The Morgan fingerprint density at radius 2 is 1.55 bits per heavy atom. The molecular formula is C14H10BrF4N. The maximum atomic E-state index is 13.8. The van der Waals surface area contributed by atoms with E-state index < -0.39 is 29.3 Å². The molecule has 0 radical (unpaired) electrons. The fourth-order valence-electron chi connectivity index (χ4n) is 2.01. The van der Waals surface area contributed by atoms with Crippen molar-refractivity contribution >= 4 is 15.9 Å². The van der Waals surface area contributed by atoms with Crippen LogP contribution in [0.25, 0.3) is 0 Å². The van der Waals surface area contributed by atoms with Crippen LogP contribution in [0.15, 0.2) is 34.8 Å². The van der Waals surface area contributed by atoms with Gasteiger partial charge < -0.3 is 5.32 Å². The summed E-state index contributed by atoms with van der Waals surface area (Å²) in [6, 6.07) is 4.70. The van der Waals surface area contributed by atoms with Crippen molar-refractivity contribution in [2.24, 2.45) is 0 Å². The van der Waals surface area contributed by atoms with Gasteiger partial charge in [-0.05, 0) is 46.7 Å². The van der Waals surface area contributed by atoms with Crippen LogP contribution < -0.4 is 5.32 Å². The Labute approximate surface area is 121 Å². The molecule has 2 aromatic rings. The molecule has 0 heterocycles. The third kappa shape index (κ3) is 2.58. The standard InChI is InChI=1S/C14H10BrF4N/c1-20-14(11-8(16)3-2-4-9(11)17)7-5-6-10(18)13(19)12(7)15/h2-6,14,20H,1H3. The van der Waals surface area contributed by atoms with Gasteiger partial charge in [-0.3, -0.25) is 0 Å². The Morgan fingerprint density at radius 1 is 0.950 bits per heavy atom. The first-order chi connectivity index (χ1) is 9.47. The Kier molecular flexibility index (Phi) is 4.45. The summed E-state index contributed by atoms with van der Waals surface area (Å²) in [5.74, 6) is -3.66. The van der Waals surface area contributed by atoms with Crippen molar-refractivity contribution in [1.29, 1.82) is 0 Å². The molecule has 1 nitrogen and oxygen atoms in total. The van der Waals surface area contributed by atoms with Crippen molar-refractivity contribution in [3.63, 3.8) is 0 Å². The van der Waals surface area contributed by atoms with Crippen molar-refractivity contribution in [1.82, 2.24) is 5.32 Å². The third-order valence-corrected chi connectivity index (χ3v) is 3.76. The zero-order valence-electron chi connectivity index (χ0n) is 10.4. The Balaban J connectivity index is 2.62. The Morgan fingerprint density at radius 3 is 2.10 bits per heavy atom. The number of nitrogens with one attached hydrogen (secondary N) is 1. The minimum atomic E-state index is -1.10.